The van der Waals surface area contributed by atoms with E-state index >= 15 is 0 Å². The molecule has 3 aliphatic carbocycles. The summed E-state index contributed by atoms with van der Waals surface area (Å²) in [5, 5.41) is 0. The lowest BCUT2D eigenvalue weighted by Crippen LogP contribution is -2.68. The average molecular weight is 597 g/mol. The standard InChI is InChI=1S/C42H60O2/c1-3-5-7-9-11-13-15-33-17-21-35(22-18-33)37-25-29-41(30-26-37)39(43)42(40(41)44)31-27-38(28-32-42)36-23-19-34(20-24-36)16-14-12-10-8-6-4-2/h17-24,37-38H,3-16,25-32H2,1-2H3. The molecule has 2 aromatic rings. The van der Waals surface area contributed by atoms with Crippen molar-refractivity contribution in [1.29, 1.82) is 0 Å². The van der Waals surface area contributed by atoms with Gasteiger partial charge >= 0.3 is 0 Å². The number of aryl methyl sites for hydroxylation is 2. The topological polar surface area (TPSA) is 34.1 Å². The first-order valence-corrected chi connectivity index (χ1v) is 18.8. The molecule has 2 spiro atoms. The highest BCUT2D eigenvalue weighted by Crippen LogP contribution is 2.62. The first kappa shape index (κ1) is 33.2. The average Bonchev–Trinajstić information content (AvgIpc) is 3.08. The molecular weight excluding hydrogens is 536 g/mol. The summed E-state index contributed by atoms with van der Waals surface area (Å²) in [7, 11) is 0. The SMILES string of the molecule is CCCCCCCCc1ccc(C2CCC3(CC2)C(=O)C2(CCC(c4ccc(CCCCCCCC)cc4)CC2)C3=O)cc1. The fourth-order valence-electron chi connectivity index (χ4n) is 8.99. The van der Waals surface area contributed by atoms with E-state index in [2.05, 4.69) is 62.4 Å². The molecule has 0 aromatic heterocycles. The van der Waals surface area contributed by atoms with Crippen molar-refractivity contribution in [3.63, 3.8) is 0 Å². The van der Waals surface area contributed by atoms with Crippen LogP contribution in [0, 0.1) is 10.8 Å². The third-order valence-electron chi connectivity index (χ3n) is 12.0. The Balaban J connectivity index is 1.05. The predicted octanol–water partition coefficient (Wildman–Crippen LogP) is 11.6. The van der Waals surface area contributed by atoms with Crippen LogP contribution in [0.2, 0.25) is 0 Å². The molecule has 0 atom stereocenters. The number of benzene rings is 2. The van der Waals surface area contributed by atoms with Gasteiger partial charge in [-0.3, -0.25) is 9.59 Å². The second-order valence-corrected chi connectivity index (χ2v) is 14.9. The molecule has 5 rings (SSSR count). The van der Waals surface area contributed by atoms with Crippen LogP contribution in [0.4, 0.5) is 0 Å². The monoisotopic (exact) mass is 596 g/mol. The van der Waals surface area contributed by atoms with Crippen molar-refractivity contribution in [2.24, 2.45) is 10.8 Å². The molecule has 0 amide bonds. The van der Waals surface area contributed by atoms with Gasteiger partial charge in [0, 0.05) is 0 Å². The van der Waals surface area contributed by atoms with Crippen LogP contribution >= 0.6 is 0 Å². The first-order chi connectivity index (χ1) is 21.5. The van der Waals surface area contributed by atoms with Crippen molar-refractivity contribution < 1.29 is 9.59 Å². The van der Waals surface area contributed by atoms with Crippen molar-refractivity contribution >= 4 is 11.6 Å². The smallest absolute Gasteiger partial charge is 0.159 e. The van der Waals surface area contributed by atoms with Crippen LogP contribution in [-0.4, -0.2) is 11.6 Å². The van der Waals surface area contributed by atoms with E-state index in [1.54, 1.807) is 0 Å². The number of Topliss-reactive ketones (excluding diaryl/α,β-unsaturated/α-hetero) is 2. The number of hydrogen-bond acceptors (Lipinski definition) is 2. The van der Waals surface area contributed by atoms with Gasteiger partial charge in [-0.25, -0.2) is 0 Å². The molecule has 0 unspecified atom stereocenters. The van der Waals surface area contributed by atoms with E-state index in [1.165, 1.54) is 112 Å². The van der Waals surface area contributed by atoms with Gasteiger partial charge in [-0.05, 0) is 111 Å². The highest BCUT2D eigenvalue weighted by atomic mass is 16.2. The molecule has 2 nitrogen and oxygen atoms in total. The highest BCUT2D eigenvalue weighted by molar-refractivity contribution is 6.30. The van der Waals surface area contributed by atoms with E-state index in [1.807, 2.05) is 0 Å². The molecule has 0 radical (unpaired) electrons. The summed E-state index contributed by atoms with van der Waals surface area (Å²) in [4.78, 5) is 27.7. The zero-order valence-electron chi connectivity index (χ0n) is 28.1. The molecular formula is C42H60O2. The van der Waals surface area contributed by atoms with E-state index in [0.717, 1.165) is 51.4 Å². The lowest BCUT2D eigenvalue weighted by atomic mass is 9.42. The number of rotatable bonds is 16. The summed E-state index contributed by atoms with van der Waals surface area (Å²) < 4.78 is 0. The van der Waals surface area contributed by atoms with E-state index in [0.29, 0.717) is 23.4 Å². The van der Waals surface area contributed by atoms with Crippen molar-refractivity contribution in [1.82, 2.24) is 0 Å². The van der Waals surface area contributed by atoms with Gasteiger partial charge in [0.25, 0.3) is 0 Å². The zero-order valence-corrected chi connectivity index (χ0v) is 28.1. The maximum absolute atomic E-state index is 13.8. The van der Waals surface area contributed by atoms with Gasteiger partial charge in [0.15, 0.2) is 11.6 Å². The van der Waals surface area contributed by atoms with Gasteiger partial charge < -0.3 is 0 Å². The van der Waals surface area contributed by atoms with Crippen molar-refractivity contribution in [2.75, 3.05) is 0 Å². The van der Waals surface area contributed by atoms with Gasteiger partial charge in [-0.1, -0.05) is 127 Å². The fourth-order valence-corrected chi connectivity index (χ4v) is 8.99. The summed E-state index contributed by atoms with van der Waals surface area (Å²) in [6.45, 7) is 4.55. The molecule has 44 heavy (non-hydrogen) atoms. The van der Waals surface area contributed by atoms with Crippen molar-refractivity contribution in [3.8, 4) is 0 Å². The van der Waals surface area contributed by atoms with E-state index in [4.69, 9.17) is 0 Å². The lowest BCUT2D eigenvalue weighted by molar-refractivity contribution is -0.177. The first-order valence-electron chi connectivity index (χ1n) is 18.8. The Morgan fingerprint density at radius 2 is 0.795 bits per heavy atom. The minimum atomic E-state index is -0.654. The molecule has 0 aliphatic heterocycles. The Morgan fingerprint density at radius 3 is 1.14 bits per heavy atom. The molecule has 0 saturated heterocycles. The number of ketones is 2. The van der Waals surface area contributed by atoms with E-state index in [9.17, 15) is 9.59 Å². The Bertz CT molecular complexity index is 1060. The Hall–Kier alpha value is -2.22. The minimum Gasteiger partial charge on any atom is -0.297 e. The van der Waals surface area contributed by atoms with E-state index < -0.39 is 10.8 Å². The van der Waals surface area contributed by atoms with Crippen LogP contribution in [0.1, 0.15) is 176 Å². The lowest BCUT2D eigenvalue weighted by Gasteiger charge is -2.57. The van der Waals surface area contributed by atoms with Crippen LogP contribution in [0.3, 0.4) is 0 Å². The van der Waals surface area contributed by atoms with Gasteiger partial charge in [0.05, 0.1) is 10.8 Å². The van der Waals surface area contributed by atoms with E-state index in [-0.39, 0.29) is 0 Å². The van der Waals surface area contributed by atoms with Crippen LogP contribution in [0.5, 0.6) is 0 Å². The number of hydrogen-bond donors (Lipinski definition) is 0. The summed E-state index contributed by atoms with van der Waals surface area (Å²) in [6, 6.07) is 18.6. The number of carbonyl (C=O) groups is 2. The summed E-state index contributed by atoms with van der Waals surface area (Å²) in [5.74, 6) is 1.60. The molecule has 240 valence electrons. The van der Waals surface area contributed by atoms with Gasteiger partial charge in [0.2, 0.25) is 0 Å². The van der Waals surface area contributed by atoms with Crippen LogP contribution < -0.4 is 0 Å². The number of unbranched alkanes of at least 4 members (excludes halogenated alkanes) is 10. The maximum atomic E-state index is 13.8. The third kappa shape index (κ3) is 7.42. The Morgan fingerprint density at radius 1 is 0.477 bits per heavy atom. The minimum absolute atomic E-state index is 0.315. The molecule has 3 aliphatic rings. The second kappa shape index (κ2) is 15.9. The molecule has 2 heteroatoms. The third-order valence-corrected chi connectivity index (χ3v) is 12.0. The Labute approximate surface area is 269 Å². The molecule has 3 saturated carbocycles. The fraction of sp³-hybridized carbons (Fsp3) is 0.667. The summed E-state index contributed by atoms with van der Waals surface area (Å²) in [5.41, 5.74) is 4.39. The summed E-state index contributed by atoms with van der Waals surface area (Å²) in [6.07, 6.45) is 25.4. The molecule has 0 bridgehead atoms. The predicted molar refractivity (Wildman–Crippen MR) is 184 cm³/mol. The van der Waals surface area contributed by atoms with Gasteiger partial charge in [-0.2, -0.15) is 0 Å². The quantitative estimate of drug-likeness (QED) is 0.143. The highest BCUT2D eigenvalue weighted by Gasteiger charge is 2.70. The molecule has 3 fully saturated rings. The summed E-state index contributed by atoms with van der Waals surface area (Å²) >= 11 is 0. The normalized spacial score (nSPS) is 26.8. The van der Waals surface area contributed by atoms with Crippen molar-refractivity contribution in [3.05, 3.63) is 70.8 Å². The molecule has 0 N–H and O–H groups in total. The van der Waals surface area contributed by atoms with Crippen molar-refractivity contribution in [2.45, 2.75) is 167 Å². The van der Waals surface area contributed by atoms with Crippen LogP contribution in [-0.2, 0) is 22.4 Å². The largest absolute Gasteiger partial charge is 0.297 e. The second-order valence-electron chi connectivity index (χ2n) is 14.9. The van der Waals surface area contributed by atoms with Crippen LogP contribution in [0.25, 0.3) is 0 Å². The van der Waals surface area contributed by atoms with Gasteiger partial charge in [-0.15, -0.1) is 0 Å². The number of carbonyl (C=O) groups excluding carboxylic acids is 2. The Kier molecular flexibility index (Phi) is 12.0. The van der Waals surface area contributed by atoms with Gasteiger partial charge in [0.1, 0.15) is 0 Å². The zero-order chi connectivity index (χ0) is 30.8. The molecule has 0 heterocycles. The maximum Gasteiger partial charge on any atom is 0.159 e. The molecule has 2 aromatic carbocycles. The van der Waals surface area contributed by atoms with Crippen LogP contribution in [0.15, 0.2) is 48.5 Å².